The van der Waals surface area contributed by atoms with Crippen molar-refractivity contribution >= 4 is 5.91 Å². The number of hydrogen-bond donors (Lipinski definition) is 1. The number of carbonyl (C=O) groups excluding carboxylic acids is 1. The molecular formula is C12H26N4O. The zero-order valence-electron chi connectivity index (χ0n) is 11.4. The van der Waals surface area contributed by atoms with E-state index in [4.69, 9.17) is 5.84 Å². The van der Waals surface area contributed by atoms with Crippen LogP contribution < -0.4 is 5.84 Å². The Kier molecular flexibility index (Phi) is 5.88. The predicted octanol–water partition coefficient (Wildman–Crippen LogP) is 0.125. The van der Waals surface area contributed by atoms with Gasteiger partial charge in [-0.05, 0) is 32.9 Å². The maximum Gasteiger partial charge on any atom is 0.222 e. The summed E-state index contributed by atoms with van der Waals surface area (Å²) in [4.78, 5) is 15.5. The van der Waals surface area contributed by atoms with Gasteiger partial charge in [-0.3, -0.25) is 10.6 Å². The summed E-state index contributed by atoms with van der Waals surface area (Å²) in [7, 11) is 5.77. The lowest BCUT2D eigenvalue weighted by Crippen LogP contribution is -2.46. The molecular weight excluding hydrogens is 216 g/mol. The van der Waals surface area contributed by atoms with E-state index in [9.17, 15) is 4.79 Å². The monoisotopic (exact) mass is 242 g/mol. The second kappa shape index (κ2) is 6.93. The molecule has 1 amide bonds. The van der Waals surface area contributed by atoms with E-state index >= 15 is 0 Å². The summed E-state index contributed by atoms with van der Waals surface area (Å²) in [5.74, 6) is 5.95. The number of hydrazine groups is 1. The molecule has 1 fully saturated rings. The standard InChI is InChI=1S/C12H26N4O/c1-14(2)12(17)5-4-8-15(3)11-6-9-16(13)10-7-11/h11H,4-10,13H2,1-3H3. The fourth-order valence-electron chi connectivity index (χ4n) is 2.21. The molecule has 0 unspecified atom stereocenters. The van der Waals surface area contributed by atoms with Crippen LogP contribution in [-0.4, -0.2) is 67.5 Å². The molecule has 0 atom stereocenters. The first-order valence-corrected chi connectivity index (χ1v) is 6.40. The first-order chi connectivity index (χ1) is 8.00. The van der Waals surface area contributed by atoms with Gasteiger partial charge in [-0.2, -0.15) is 0 Å². The van der Waals surface area contributed by atoms with Crippen LogP contribution in [0.3, 0.4) is 0 Å². The Morgan fingerprint density at radius 2 is 1.88 bits per heavy atom. The SMILES string of the molecule is CN(C)C(=O)CCCN(C)C1CCN(N)CC1. The Labute approximate surface area is 104 Å². The molecule has 1 aliphatic heterocycles. The average Bonchev–Trinajstić information content (AvgIpc) is 2.29. The van der Waals surface area contributed by atoms with Gasteiger partial charge in [-0.25, -0.2) is 5.01 Å². The Bertz CT molecular complexity index is 237. The molecule has 5 nitrogen and oxygen atoms in total. The van der Waals surface area contributed by atoms with Crippen molar-refractivity contribution in [1.29, 1.82) is 0 Å². The van der Waals surface area contributed by atoms with Crippen molar-refractivity contribution in [2.75, 3.05) is 40.8 Å². The maximum absolute atomic E-state index is 11.4. The first kappa shape index (κ1) is 14.4. The van der Waals surface area contributed by atoms with Crippen LogP contribution in [-0.2, 0) is 4.79 Å². The van der Waals surface area contributed by atoms with Crippen LogP contribution in [0, 0.1) is 0 Å². The molecule has 1 aliphatic rings. The van der Waals surface area contributed by atoms with E-state index in [-0.39, 0.29) is 5.91 Å². The van der Waals surface area contributed by atoms with Gasteiger partial charge >= 0.3 is 0 Å². The van der Waals surface area contributed by atoms with Crippen molar-refractivity contribution in [3.63, 3.8) is 0 Å². The average molecular weight is 242 g/mol. The molecule has 1 rings (SSSR count). The van der Waals surface area contributed by atoms with Crippen LogP contribution in [0.2, 0.25) is 0 Å². The van der Waals surface area contributed by atoms with Gasteiger partial charge in [0, 0.05) is 39.6 Å². The summed E-state index contributed by atoms with van der Waals surface area (Å²) in [5, 5.41) is 1.89. The van der Waals surface area contributed by atoms with E-state index < -0.39 is 0 Å². The third-order valence-electron chi connectivity index (χ3n) is 3.52. The van der Waals surface area contributed by atoms with Gasteiger partial charge in [-0.1, -0.05) is 0 Å². The molecule has 0 aliphatic carbocycles. The lowest BCUT2D eigenvalue weighted by Gasteiger charge is -2.34. The van der Waals surface area contributed by atoms with Crippen LogP contribution in [0.4, 0.5) is 0 Å². The second-order valence-electron chi connectivity index (χ2n) is 5.14. The van der Waals surface area contributed by atoms with Crippen molar-refractivity contribution < 1.29 is 4.79 Å². The number of carbonyl (C=O) groups is 1. The lowest BCUT2D eigenvalue weighted by molar-refractivity contribution is -0.128. The zero-order valence-corrected chi connectivity index (χ0v) is 11.4. The van der Waals surface area contributed by atoms with Crippen molar-refractivity contribution in [3.8, 4) is 0 Å². The lowest BCUT2D eigenvalue weighted by atomic mass is 10.0. The highest BCUT2D eigenvalue weighted by Crippen LogP contribution is 2.13. The van der Waals surface area contributed by atoms with Gasteiger partial charge in [0.25, 0.3) is 0 Å². The normalized spacial score (nSPS) is 18.6. The fourth-order valence-corrected chi connectivity index (χ4v) is 2.21. The quantitative estimate of drug-likeness (QED) is 0.696. The smallest absolute Gasteiger partial charge is 0.222 e. The molecule has 5 heteroatoms. The molecule has 1 saturated heterocycles. The third kappa shape index (κ3) is 5.02. The van der Waals surface area contributed by atoms with E-state index in [1.54, 1.807) is 4.90 Å². The van der Waals surface area contributed by atoms with Crippen LogP contribution in [0.15, 0.2) is 0 Å². The third-order valence-corrected chi connectivity index (χ3v) is 3.52. The topological polar surface area (TPSA) is 52.8 Å². The highest BCUT2D eigenvalue weighted by Gasteiger charge is 2.20. The molecule has 0 aromatic rings. The maximum atomic E-state index is 11.4. The van der Waals surface area contributed by atoms with Crippen molar-refractivity contribution in [3.05, 3.63) is 0 Å². The number of nitrogens with zero attached hydrogens (tertiary/aromatic N) is 3. The largest absolute Gasteiger partial charge is 0.349 e. The molecule has 0 aromatic heterocycles. The molecule has 0 aromatic carbocycles. The number of amides is 1. The molecule has 0 radical (unpaired) electrons. The van der Waals surface area contributed by atoms with Gasteiger partial charge in [0.2, 0.25) is 5.91 Å². The van der Waals surface area contributed by atoms with Gasteiger partial charge < -0.3 is 9.80 Å². The molecule has 0 saturated carbocycles. The Morgan fingerprint density at radius 1 is 1.29 bits per heavy atom. The molecule has 17 heavy (non-hydrogen) atoms. The summed E-state index contributed by atoms with van der Waals surface area (Å²) in [6.45, 7) is 2.95. The zero-order chi connectivity index (χ0) is 12.8. The minimum atomic E-state index is 0.218. The minimum absolute atomic E-state index is 0.218. The second-order valence-corrected chi connectivity index (χ2v) is 5.14. The highest BCUT2D eigenvalue weighted by atomic mass is 16.2. The van der Waals surface area contributed by atoms with Gasteiger partial charge in [0.05, 0.1) is 0 Å². The van der Waals surface area contributed by atoms with Crippen LogP contribution >= 0.6 is 0 Å². The van der Waals surface area contributed by atoms with Gasteiger partial charge in [-0.15, -0.1) is 0 Å². The number of rotatable bonds is 5. The summed E-state index contributed by atoms with van der Waals surface area (Å²) >= 11 is 0. The number of nitrogens with two attached hydrogens (primary N) is 1. The summed E-state index contributed by atoms with van der Waals surface area (Å²) < 4.78 is 0. The van der Waals surface area contributed by atoms with E-state index in [0.717, 1.165) is 38.9 Å². The van der Waals surface area contributed by atoms with Gasteiger partial charge in [0.1, 0.15) is 0 Å². The fraction of sp³-hybridized carbons (Fsp3) is 0.917. The van der Waals surface area contributed by atoms with Crippen LogP contribution in [0.5, 0.6) is 0 Å². The van der Waals surface area contributed by atoms with Crippen LogP contribution in [0.25, 0.3) is 0 Å². The summed E-state index contributed by atoms with van der Waals surface area (Å²) in [6.07, 6.45) is 3.85. The molecule has 100 valence electrons. The summed E-state index contributed by atoms with van der Waals surface area (Å²) in [5.41, 5.74) is 0. The van der Waals surface area contributed by atoms with Crippen molar-refractivity contribution in [2.45, 2.75) is 31.7 Å². The molecule has 2 N–H and O–H groups in total. The van der Waals surface area contributed by atoms with E-state index in [1.165, 1.54) is 0 Å². The highest BCUT2D eigenvalue weighted by molar-refractivity contribution is 5.75. The van der Waals surface area contributed by atoms with Crippen molar-refractivity contribution in [2.24, 2.45) is 5.84 Å². The molecule has 0 bridgehead atoms. The van der Waals surface area contributed by atoms with Gasteiger partial charge in [0.15, 0.2) is 0 Å². The molecule has 0 spiro atoms. The van der Waals surface area contributed by atoms with Crippen LogP contribution in [0.1, 0.15) is 25.7 Å². The molecule has 1 heterocycles. The minimum Gasteiger partial charge on any atom is -0.349 e. The number of piperidine rings is 1. The predicted molar refractivity (Wildman–Crippen MR) is 69.3 cm³/mol. The van der Waals surface area contributed by atoms with E-state index in [1.807, 2.05) is 19.1 Å². The van der Waals surface area contributed by atoms with Crippen molar-refractivity contribution in [1.82, 2.24) is 14.8 Å². The Balaban J connectivity index is 2.16. The Hall–Kier alpha value is -0.650. The summed E-state index contributed by atoms with van der Waals surface area (Å²) in [6, 6.07) is 0.629. The van der Waals surface area contributed by atoms with E-state index in [2.05, 4.69) is 11.9 Å². The first-order valence-electron chi connectivity index (χ1n) is 6.40. The van der Waals surface area contributed by atoms with E-state index in [0.29, 0.717) is 12.5 Å². The Morgan fingerprint density at radius 3 is 2.41 bits per heavy atom. The number of hydrogen-bond acceptors (Lipinski definition) is 4.